The summed E-state index contributed by atoms with van der Waals surface area (Å²) >= 11 is 2.10. The van der Waals surface area contributed by atoms with Crippen molar-refractivity contribution < 1.29 is 0 Å². The molecular formula is C13H26N2S. The minimum absolute atomic E-state index is 0.823. The summed E-state index contributed by atoms with van der Waals surface area (Å²) in [5, 5.41) is 3.74. The number of hydrogen-bond donors (Lipinski definition) is 1. The maximum atomic E-state index is 3.74. The van der Waals surface area contributed by atoms with E-state index < -0.39 is 0 Å². The van der Waals surface area contributed by atoms with Gasteiger partial charge in [-0.25, -0.2) is 0 Å². The van der Waals surface area contributed by atoms with Crippen molar-refractivity contribution in [2.45, 2.75) is 38.6 Å². The van der Waals surface area contributed by atoms with E-state index in [1.807, 2.05) is 0 Å². The summed E-state index contributed by atoms with van der Waals surface area (Å²) in [5.41, 5.74) is 0. The Hall–Kier alpha value is 0.270. The summed E-state index contributed by atoms with van der Waals surface area (Å²) in [6.07, 6.45) is 5.66. The van der Waals surface area contributed by atoms with Crippen LogP contribution in [-0.4, -0.2) is 48.6 Å². The Morgan fingerprint density at radius 1 is 1.25 bits per heavy atom. The van der Waals surface area contributed by atoms with Gasteiger partial charge in [-0.1, -0.05) is 13.3 Å². The van der Waals surface area contributed by atoms with Gasteiger partial charge in [-0.05, 0) is 25.2 Å². The molecule has 1 aliphatic carbocycles. The van der Waals surface area contributed by atoms with Crippen molar-refractivity contribution in [1.29, 1.82) is 0 Å². The zero-order valence-electron chi connectivity index (χ0n) is 10.6. The van der Waals surface area contributed by atoms with Crippen molar-refractivity contribution in [3.63, 3.8) is 0 Å². The summed E-state index contributed by atoms with van der Waals surface area (Å²) in [6.45, 7) is 7.39. The first kappa shape index (κ1) is 12.7. The molecule has 2 unspecified atom stereocenters. The van der Waals surface area contributed by atoms with E-state index in [4.69, 9.17) is 0 Å². The number of nitrogens with zero attached hydrogens (tertiary/aromatic N) is 1. The SMILES string of the molecule is CCC1CCC(NCCN2CCSCC2)C1. The molecule has 16 heavy (non-hydrogen) atoms. The molecule has 0 aromatic heterocycles. The number of thioether (sulfide) groups is 1. The smallest absolute Gasteiger partial charge is 0.0108 e. The molecule has 2 rings (SSSR count). The first-order valence-corrected chi connectivity index (χ1v) is 8.07. The molecule has 3 heteroatoms. The van der Waals surface area contributed by atoms with Crippen LogP contribution in [0.25, 0.3) is 0 Å². The monoisotopic (exact) mass is 242 g/mol. The molecule has 2 aliphatic rings. The highest BCUT2D eigenvalue weighted by Gasteiger charge is 2.22. The van der Waals surface area contributed by atoms with Crippen LogP contribution in [0.1, 0.15) is 32.6 Å². The fourth-order valence-corrected chi connectivity index (χ4v) is 3.86. The van der Waals surface area contributed by atoms with Gasteiger partial charge in [0.15, 0.2) is 0 Å². The van der Waals surface area contributed by atoms with Gasteiger partial charge in [-0.2, -0.15) is 11.8 Å². The van der Waals surface area contributed by atoms with E-state index in [1.165, 1.54) is 63.4 Å². The molecular weight excluding hydrogens is 216 g/mol. The number of rotatable bonds is 5. The van der Waals surface area contributed by atoms with Gasteiger partial charge in [0.2, 0.25) is 0 Å². The average molecular weight is 242 g/mol. The molecule has 1 saturated heterocycles. The van der Waals surface area contributed by atoms with E-state index >= 15 is 0 Å². The Bertz CT molecular complexity index is 192. The highest BCUT2D eigenvalue weighted by atomic mass is 32.2. The van der Waals surface area contributed by atoms with E-state index in [1.54, 1.807) is 0 Å². The number of nitrogens with one attached hydrogen (secondary N) is 1. The van der Waals surface area contributed by atoms with Gasteiger partial charge in [-0.3, -0.25) is 0 Å². The first-order chi connectivity index (χ1) is 7.88. The Kier molecular flexibility index (Phi) is 5.46. The normalized spacial score (nSPS) is 32.1. The molecule has 1 aliphatic heterocycles. The van der Waals surface area contributed by atoms with E-state index in [9.17, 15) is 0 Å². The maximum Gasteiger partial charge on any atom is 0.0108 e. The lowest BCUT2D eigenvalue weighted by Crippen LogP contribution is -2.40. The number of hydrogen-bond acceptors (Lipinski definition) is 3. The van der Waals surface area contributed by atoms with Crippen LogP contribution in [0.3, 0.4) is 0 Å². The van der Waals surface area contributed by atoms with Crippen LogP contribution < -0.4 is 5.32 Å². The molecule has 2 nitrogen and oxygen atoms in total. The molecule has 0 bridgehead atoms. The van der Waals surface area contributed by atoms with Crippen molar-refractivity contribution in [2.75, 3.05) is 37.7 Å². The summed E-state index contributed by atoms with van der Waals surface area (Å²) in [5.74, 6) is 3.67. The van der Waals surface area contributed by atoms with Crippen LogP contribution in [-0.2, 0) is 0 Å². The predicted octanol–water partition coefficient (Wildman–Crippen LogP) is 2.20. The second kappa shape index (κ2) is 6.87. The van der Waals surface area contributed by atoms with Crippen molar-refractivity contribution in [1.82, 2.24) is 10.2 Å². The van der Waals surface area contributed by atoms with Crippen molar-refractivity contribution >= 4 is 11.8 Å². The van der Waals surface area contributed by atoms with Gasteiger partial charge >= 0.3 is 0 Å². The quantitative estimate of drug-likeness (QED) is 0.796. The van der Waals surface area contributed by atoms with Gasteiger partial charge in [0.05, 0.1) is 0 Å². The van der Waals surface area contributed by atoms with Gasteiger partial charge < -0.3 is 10.2 Å². The third kappa shape index (κ3) is 3.94. The van der Waals surface area contributed by atoms with E-state index in [0.717, 1.165) is 12.0 Å². The van der Waals surface area contributed by atoms with Crippen LogP contribution in [0.2, 0.25) is 0 Å². The third-order valence-electron chi connectivity index (χ3n) is 4.08. The second-order valence-electron chi connectivity index (χ2n) is 5.19. The lowest BCUT2D eigenvalue weighted by atomic mass is 10.1. The highest BCUT2D eigenvalue weighted by molar-refractivity contribution is 7.99. The Balaban J connectivity index is 1.54. The average Bonchev–Trinajstić information content (AvgIpc) is 2.78. The Morgan fingerprint density at radius 2 is 2.06 bits per heavy atom. The fraction of sp³-hybridized carbons (Fsp3) is 1.00. The zero-order chi connectivity index (χ0) is 11.2. The largest absolute Gasteiger partial charge is 0.313 e. The van der Waals surface area contributed by atoms with Gasteiger partial charge in [0, 0.05) is 43.7 Å². The van der Waals surface area contributed by atoms with Crippen LogP contribution >= 0.6 is 11.8 Å². The molecule has 0 radical (unpaired) electrons. The maximum absolute atomic E-state index is 3.74. The summed E-state index contributed by atoms with van der Waals surface area (Å²) in [4.78, 5) is 2.61. The molecule has 1 heterocycles. The van der Waals surface area contributed by atoms with E-state index in [2.05, 4.69) is 28.9 Å². The lowest BCUT2D eigenvalue weighted by molar-refractivity contribution is 0.294. The lowest BCUT2D eigenvalue weighted by Gasteiger charge is -2.26. The Morgan fingerprint density at radius 3 is 2.75 bits per heavy atom. The van der Waals surface area contributed by atoms with Crippen molar-refractivity contribution in [2.24, 2.45) is 5.92 Å². The molecule has 1 saturated carbocycles. The third-order valence-corrected chi connectivity index (χ3v) is 5.03. The molecule has 0 aromatic rings. The van der Waals surface area contributed by atoms with Crippen LogP contribution in [0.5, 0.6) is 0 Å². The first-order valence-electron chi connectivity index (χ1n) is 6.92. The van der Waals surface area contributed by atoms with Gasteiger partial charge in [-0.15, -0.1) is 0 Å². The van der Waals surface area contributed by atoms with Crippen LogP contribution in [0, 0.1) is 5.92 Å². The molecule has 0 spiro atoms. The molecule has 2 atom stereocenters. The minimum Gasteiger partial charge on any atom is -0.313 e. The summed E-state index contributed by atoms with van der Waals surface area (Å²) < 4.78 is 0. The van der Waals surface area contributed by atoms with Gasteiger partial charge in [0.25, 0.3) is 0 Å². The summed E-state index contributed by atoms with van der Waals surface area (Å²) in [7, 11) is 0. The molecule has 1 N–H and O–H groups in total. The molecule has 0 aromatic carbocycles. The topological polar surface area (TPSA) is 15.3 Å². The molecule has 2 fully saturated rings. The highest BCUT2D eigenvalue weighted by Crippen LogP contribution is 2.27. The molecule has 0 amide bonds. The van der Waals surface area contributed by atoms with Crippen molar-refractivity contribution in [3.05, 3.63) is 0 Å². The summed E-state index contributed by atoms with van der Waals surface area (Å²) in [6, 6.07) is 0.823. The van der Waals surface area contributed by atoms with Crippen LogP contribution in [0.4, 0.5) is 0 Å². The standard InChI is InChI=1S/C13H26N2S/c1-2-12-3-4-13(11-12)14-5-6-15-7-9-16-10-8-15/h12-14H,2-11H2,1H3. The second-order valence-corrected chi connectivity index (χ2v) is 6.42. The molecule has 94 valence electrons. The van der Waals surface area contributed by atoms with Crippen LogP contribution in [0.15, 0.2) is 0 Å². The predicted molar refractivity (Wildman–Crippen MR) is 73.2 cm³/mol. The van der Waals surface area contributed by atoms with Gasteiger partial charge in [0.1, 0.15) is 0 Å². The van der Waals surface area contributed by atoms with E-state index in [-0.39, 0.29) is 0 Å². The zero-order valence-corrected chi connectivity index (χ0v) is 11.4. The minimum atomic E-state index is 0.823. The van der Waals surface area contributed by atoms with E-state index in [0.29, 0.717) is 0 Å². The fourth-order valence-electron chi connectivity index (χ4n) is 2.88. The van der Waals surface area contributed by atoms with Crippen molar-refractivity contribution in [3.8, 4) is 0 Å². The Labute approximate surface area is 105 Å².